The Morgan fingerprint density at radius 2 is 1.88 bits per heavy atom. The van der Waals surface area contributed by atoms with Gasteiger partial charge in [-0.3, -0.25) is 4.99 Å². The molecule has 1 aliphatic heterocycles. The van der Waals surface area contributed by atoms with Crippen LogP contribution in [-0.4, -0.2) is 12.3 Å². The van der Waals surface area contributed by atoms with E-state index in [1.807, 2.05) is 33.9 Å². The van der Waals surface area contributed by atoms with Gasteiger partial charge < -0.3 is 5.32 Å². The van der Waals surface area contributed by atoms with E-state index in [1.165, 1.54) is 5.57 Å². The predicted molar refractivity (Wildman–Crippen MR) is 75.9 cm³/mol. The largest absolute Gasteiger partial charge is 0.384 e. The fraction of sp³-hybridized carbons (Fsp3) is 0.643. The van der Waals surface area contributed by atoms with Gasteiger partial charge in [-0.1, -0.05) is 39.8 Å². The smallest absolute Gasteiger partial charge is 0.0631 e. The summed E-state index contributed by atoms with van der Waals surface area (Å²) in [6, 6.07) is 0. The molecule has 0 saturated carbocycles. The first-order valence-corrected chi connectivity index (χ1v) is 6.39. The van der Waals surface area contributed by atoms with E-state index in [1.54, 1.807) is 0 Å². The molecule has 94 valence electrons. The average molecular weight is 224 g/mol. The fourth-order valence-electron chi connectivity index (χ4n) is 1.18. The third-order valence-electron chi connectivity index (χ3n) is 1.94. The second kappa shape index (κ2) is 12.0. The van der Waals surface area contributed by atoms with Crippen LogP contribution in [0.25, 0.3) is 0 Å². The Kier molecular flexibility index (Phi) is 13.0. The van der Waals surface area contributed by atoms with E-state index in [2.05, 4.69) is 30.7 Å². The Morgan fingerprint density at radius 1 is 1.31 bits per heavy atom. The lowest BCUT2D eigenvalue weighted by Crippen LogP contribution is -2.20. The number of hydrogen-bond donors (Lipinski definition) is 1. The minimum Gasteiger partial charge on any atom is -0.384 e. The van der Waals surface area contributed by atoms with Gasteiger partial charge in [-0.2, -0.15) is 0 Å². The van der Waals surface area contributed by atoms with Gasteiger partial charge in [0.05, 0.1) is 5.71 Å². The van der Waals surface area contributed by atoms with E-state index in [4.69, 9.17) is 0 Å². The summed E-state index contributed by atoms with van der Waals surface area (Å²) in [5.41, 5.74) is 3.42. The fourth-order valence-corrected chi connectivity index (χ4v) is 1.18. The molecule has 2 nitrogen and oxygen atoms in total. The van der Waals surface area contributed by atoms with Crippen molar-refractivity contribution in [1.29, 1.82) is 0 Å². The maximum Gasteiger partial charge on any atom is 0.0631 e. The highest BCUT2D eigenvalue weighted by atomic mass is 14.9. The van der Waals surface area contributed by atoms with Gasteiger partial charge in [-0.15, -0.1) is 0 Å². The molecule has 1 rings (SSSR count). The van der Waals surface area contributed by atoms with Gasteiger partial charge in [0.1, 0.15) is 0 Å². The van der Waals surface area contributed by atoms with Crippen molar-refractivity contribution in [3.8, 4) is 0 Å². The van der Waals surface area contributed by atoms with Crippen molar-refractivity contribution >= 4 is 5.71 Å². The molecule has 0 saturated heterocycles. The summed E-state index contributed by atoms with van der Waals surface area (Å²) in [4.78, 5) is 4.32. The molecule has 0 bridgehead atoms. The Bertz CT molecular complexity index is 237. The van der Waals surface area contributed by atoms with Gasteiger partial charge in [-0.05, 0) is 26.7 Å². The first kappa shape index (κ1) is 17.3. The summed E-state index contributed by atoms with van der Waals surface area (Å²) in [7, 11) is 0. The van der Waals surface area contributed by atoms with Crippen molar-refractivity contribution in [2.45, 2.75) is 54.4 Å². The number of hydrogen-bond acceptors (Lipinski definition) is 2. The second-order valence-corrected chi connectivity index (χ2v) is 3.06. The van der Waals surface area contributed by atoms with Crippen molar-refractivity contribution in [2.24, 2.45) is 4.99 Å². The van der Waals surface area contributed by atoms with Crippen molar-refractivity contribution in [3.05, 3.63) is 24.0 Å². The van der Waals surface area contributed by atoms with E-state index in [0.717, 1.165) is 30.8 Å². The van der Waals surface area contributed by atoms with Crippen LogP contribution in [0.3, 0.4) is 0 Å². The zero-order valence-corrected chi connectivity index (χ0v) is 11.9. The van der Waals surface area contributed by atoms with Crippen LogP contribution < -0.4 is 5.32 Å². The van der Waals surface area contributed by atoms with E-state index in [0.29, 0.717) is 0 Å². The number of allylic oxidation sites excluding steroid dienone is 2. The topological polar surface area (TPSA) is 24.4 Å². The van der Waals surface area contributed by atoms with Crippen molar-refractivity contribution < 1.29 is 0 Å². The molecule has 1 aliphatic rings. The first-order valence-electron chi connectivity index (χ1n) is 6.39. The summed E-state index contributed by atoms with van der Waals surface area (Å²) in [5, 5.41) is 3.18. The minimum atomic E-state index is 0.917. The monoisotopic (exact) mass is 224 g/mol. The van der Waals surface area contributed by atoms with E-state index >= 15 is 0 Å². The number of rotatable bonds is 3. The standard InChI is InChI=1S/C10H16N2.2C2H6/c1-4-11-9(3)10-6-5-8(2)7-12-10;2*1-2/h7,11H,3-6H2,1-2H3;2*1-2H3. The number of aliphatic imine (C=N–C) groups is 1. The quantitative estimate of drug-likeness (QED) is 0.759. The molecular weight excluding hydrogens is 196 g/mol. The van der Waals surface area contributed by atoms with Gasteiger partial charge in [0, 0.05) is 18.4 Å². The van der Waals surface area contributed by atoms with Gasteiger partial charge >= 0.3 is 0 Å². The SMILES string of the molecule is C=C(NCC)C1=NC=C(C)CC1.CC.CC. The zero-order chi connectivity index (χ0) is 13.0. The predicted octanol–water partition coefficient (Wildman–Crippen LogP) is 4.30. The molecule has 0 atom stereocenters. The highest BCUT2D eigenvalue weighted by Gasteiger charge is 2.07. The molecule has 0 unspecified atom stereocenters. The molecule has 0 radical (unpaired) electrons. The van der Waals surface area contributed by atoms with Gasteiger partial charge in [0.25, 0.3) is 0 Å². The molecule has 2 heteroatoms. The number of nitrogens with zero attached hydrogens (tertiary/aromatic N) is 1. The minimum absolute atomic E-state index is 0.917. The Balaban J connectivity index is 0. The molecule has 0 aromatic heterocycles. The molecule has 0 aliphatic carbocycles. The van der Waals surface area contributed by atoms with Crippen LogP contribution in [0.2, 0.25) is 0 Å². The molecule has 1 N–H and O–H groups in total. The summed E-state index contributed by atoms with van der Waals surface area (Å²) in [6.45, 7) is 17.0. The van der Waals surface area contributed by atoms with Crippen LogP contribution >= 0.6 is 0 Å². The van der Waals surface area contributed by atoms with Crippen molar-refractivity contribution in [3.63, 3.8) is 0 Å². The van der Waals surface area contributed by atoms with Crippen LogP contribution in [-0.2, 0) is 0 Å². The van der Waals surface area contributed by atoms with E-state index < -0.39 is 0 Å². The van der Waals surface area contributed by atoms with Crippen LogP contribution in [0.15, 0.2) is 29.0 Å². The van der Waals surface area contributed by atoms with Crippen molar-refractivity contribution in [2.75, 3.05) is 6.54 Å². The molecule has 1 heterocycles. The summed E-state index contributed by atoms with van der Waals surface area (Å²) >= 11 is 0. The van der Waals surface area contributed by atoms with Crippen LogP contribution in [0.5, 0.6) is 0 Å². The molecule has 0 aromatic carbocycles. The zero-order valence-electron chi connectivity index (χ0n) is 11.9. The number of nitrogens with one attached hydrogen (secondary N) is 1. The van der Waals surface area contributed by atoms with Gasteiger partial charge in [0.2, 0.25) is 0 Å². The Hall–Kier alpha value is -1.05. The van der Waals surface area contributed by atoms with E-state index in [-0.39, 0.29) is 0 Å². The molecule has 0 spiro atoms. The maximum absolute atomic E-state index is 4.32. The van der Waals surface area contributed by atoms with Crippen molar-refractivity contribution in [1.82, 2.24) is 5.32 Å². The highest BCUT2D eigenvalue weighted by Crippen LogP contribution is 2.13. The Labute approximate surface area is 102 Å². The second-order valence-electron chi connectivity index (χ2n) is 3.06. The lowest BCUT2D eigenvalue weighted by molar-refractivity contribution is 0.873. The molecule has 0 fully saturated rings. The highest BCUT2D eigenvalue weighted by molar-refractivity contribution is 6.00. The molecule has 0 aromatic rings. The normalized spacial score (nSPS) is 13.1. The third-order valence-corrected chi connectivity index (χ3v) is 1.94. The summed E-state index contributed by atoms with van der Waals surface area (Å²) in [6.07, 6.45) is 4.07. The van der Waals surface area contributed by atoms with Gasteiger partial charge in [0.15, 0.2) is 0 Å². The molecule has 0 amide bonds. The van der Waals surface area contributed by atoms with E-state index in [9.17, 15) is 0 Å². The molecule has 16 heavy (non-hydrogen) atoms. The van der Waals surface area contributed by atoms with Crippen LogP contribution in [0.4, 0.5) is 0 Å². The maximum atomic E-state index is 4.32. The first-order chi connectivity index (χ1) is 7.74. The average Bonchev–Trinajstić information content (AvgIpc) is 2.35. The lowest BCUT2D eigenvalue weighted by atomic mass is 10.1. The summed E-state index contributed by atoms with van der Waals surface area (Å²) < 4.78 is 0. The summed E-state index contributed by atoms with van der Waals surface area (Å²) in [5.74, 6) is 0. The van der Waals surface area contributed by atoms with Crippen LogP contribution in [0.1, 0.15) is 54.4 Å². The molecular formula is C14H28N2. The third kappa shape index (κ3) is 7.27. The Morgan fingerprint density at radius 3 is 2.25 bits per heavy atom. The van der Waals surface area contributed by atoms with Crippen LogP contribution in [0, 0.1) is 0 Å². The van der Waals surface area contributed by atoms with Gasteiger partial charge in [-0.25, -0.2) is 0 Å². The lowest BCUT2D eigenvalue weighted by Gasteiger charge is -2.13.